The molecular weight excluding hydrogens is 255 g/mol. The van der Waals surface area contributed by atoms with Crippen molar-refractivity contribution in [3.63, 3.8) is 0 Å². The Bertz CT molecular complexity index is 868. The number of benzene rings is 2. The fraction of sp³-hybridized carbons (Fsp3) is 0.0625. The van der Waals surface area contributed by atoms with E-state index in [1.807, 2.05) is 19.1 Å². The number of halogens is 1. The van der Waals surface area contributed by atoms with Gasteiger partial charge in [0.25, 0.3) is 5.56 Å². The Morgan fingerprint density at radius 1 is 1.10 bits per heavy atom. The minimum atomic E-state index is -0.473. The van der Waals surface area contributed by atoms with Crippen LogP contribution in [0.5, 0.6) is 0 Å². The van der Waals surface area contributed by atoms with Gasteiger partial charge in [0.2, 0.25) is 0 Å². The van der Waals surface area contributed by atoms with Gasteiger partial charge in [-0.05, 0) is 42.1 Å². The molecular formula is C16H13FN2O. The molecule has 0 aliphatic carbocycles. The number of nitrogens with two attached hydrogens (primary N) is 1. The maximum absolute atomic E-state index is 14.0. The molecule has 0 spiro atoms. The van der Waals surface area contributed by atoms with Crippen LogP contribution in [0.25, 0.3) is 16.5 Å². The first-order valence-electron chi connectivity index (χ1n) is 6.25. The van der Waals surface area contributed by atoms with Gasteiger partial charge in [-0.3, -0.25) is 9.36 Å². The highest BCUT2D eigenvalue weighted by molar-refractivity contribution is 5.84. The molecule has 3 nitrogen and oxygen atoms in total. The summed E-state index contributed by atoms with van der Waals surface area (Å²) in [5.74, 6) is -0.252. The average Bonchev–Trinajstić information content (AvgIpc) is 2.42. The maximum atomic E-state index is 14.0. The van der Waals surface area contributed by atoms with Crippen molar-refractivity contribution < 1.29 is 4.39 Å². The molecule has 3 rings (SSSR count). The number of rotatable bonds is 1. The van der Waals surface area contributed by atoms with Gasteiger partial charge in [-0.2, -0.15) is 0 Å². The van der Waals surface area contributed by atoms with Gasteiger partial charge >= 0.3 is 0 Å². The van der Waals surface area contributed by atoms with E-state index in [1.165, 1.54) is 10.6 Å². The molecule has 100 valence electrons. The molecule has 1 heterocycles. The standard InChI is InChI=1S/C16H13FN2O/c1-10-6-7-13(17)14(8-10)19-15(18)9-11-4-2-3-5-12(11)16(19)20/h2-9H,18H2,1H3. The van der Waals surface area contributed by atoms with E-state index in [0.29, 0.717) is 5.39 Å². The zero-order valence-corrected chi connectivity index (χ0v) is 10.9. The van der Waals surface area contributed by atoms with E-state index >= 15 is 0 Å². The van der Waals surface area contributed by atoms with Crippen LogP contribution in [0.15, 0.2) is 53.3 Å². The minimum Gasteiger partial charge on any atom is -0.385 e. The highest BCUT2D eigenvalue weighted by Gasteiger charge is 2.12. The summed E-state index contributed by atoms with van der Waals surface area (Å²) in [6.07, 6.45) is 0. The number of pyridine rings is 1. The molecule has 0 radical (unpaired) electrons. The summed E-state index contributed by atoms with van der Waals surface area (Å²) in [4.78, 5) is 12.5. The van der Waals surface area contributed by atoms with Gasteiger partial charge in [0, 0.05) is 5.39 Å². The highest BCUT2D eigenvalue weighted by atomic mass is 19.1. The lowest BCUT2D eigenvalue weighted by atomic mass is 10.1. The summed E-state index contributed by atoms with van der Waals surface area (Å²) in [7, 11) is 0. The Hall–Kier alpha value is -2.62. The molecule has 0 fully saturated rings. The number of anilines is 1. The van der Waals surface area contributed by atoms with Gasteiger partial charge in [-0.25, -0.2) is 4.39 Å². The van der Waals surface area contributed by atoms with Crippen molar-refractivity contribution in [3.05, 3.63) is 70.3 Å². The predicted molar refractivity (Wildman–Crippen MR) is 78.7 cm³/mol. The molecule has 1 aromatic heterocycles. The molecule has 0 saturated carbocycles. The number of aromatic nitrogens is 1. The molecule has 0 aliphatic heterocycles. The first-order valence-corrected chi connectivity index (χ1v) is 6.25. The lowest BCUT2D eigenvalue weighted by Crippen LogP contribution is -2.22. The molecule has 2 N–H and O–H groups in total. The second-order valence-electron chi connectivity index (χ2n) is 4.75. The Labute approximate surface area is 115 Å². The first-order chi connectivity index (χ1) is 9.58. The lowest BCUT2D eigenvalue weighted by molar-refractivity contribution is 0.617. The second-order valence-corrected chi connectivity index (χ2v) is 4.75. The van der Waals surface area contributed by atoms with Gasteiger partial charge in [0.05, 0.1) is 5.69 Å². The number of nitrogens with zero attached hydrogens (tertiary/aromatic N) is 1. The van der Waals surface area contributed by atoms with Gasteiger partial charge in [-0.1, -0.05) is 24.3 Å². The fourth-order valence-electron chi connectivity index (χ4n) is 2.32. The summed E-state index contributed by atoms with van der Waals surface area (Å²) in [6.45, 7) is 1.84. The van der Waals surface area contributed by atoms with Crippen LogP contribution in [0.2, 0.25) is 0 Å². The maximum Gasteiger partial charge on any atom is 0.264 e. The number of hydrogen-bond acceptors (Lipinski definition) is 2. The third-order valence-corrected chi connectivity index (χ3v) is 3.30. The molecule has 2 aromatic carbocycles. The van der Waals surface area contributed by atoms with Crippen molar-refractivity contribution >= 4 is 16.6 Å². The molecule has 3 aromatic rings. The normalized spacial score (nSPS) is 10.9. The molecule has 0 saturated heterocycles. The van der Waals surface area contributed by atoms with Crippen molar-refractivity contribution in [2.45, 2.75) is 6.92 Å². The summed E-state index contributed by atoms with van der Waals surface area (Å²) < 4.78 is 15.2. The van der Waals surface area contributed by atoms with Gasteiger partial charge in [0.1, 0.15) is 11.6 Å². The van der Waals surface area contributed by atoms with Crippen LogP contribution in [-0.4, -0.2) is 4.57 Å². The lowest BCUT2D eigenvalue weighted by Gasteiger charge is -2.12. The third kappa shape index (κ3) is 1.86. The van der Waals surface area contributed by atoms with E-state index < -0.39 is 5.82 Å². The SMILES string of the molecule is Cc1ccc(F)c(-n2c(N)cc3ccccc3c2=O)c1. The summed E-state index contributed by atoms with van der Waals surface area (Å²) in [5.41, 5.74) is 6.66. The van der Waals surface area contributed by atoms with E-state index in [0.717, 1.165) is 10.9 Å². The molecule has 20 heavy (non-hydrogen) atoms. The largest absolute Gasteiger partial charge is 0.385 e. The van der Waals surface area contributed by atoms with E-state index in [4.69, 9.17) is 5.73 Å². The number of fused-ring (bicyclic) bond motifs is 1. The highest BCUT2D eigenvalue weighted by Crippen LogP contribution is 2.20. The van der Waals surface area contributed by atoms with Crippen molar-refractivity contribution in [2.75, 3.05) is 5.73 Å². The van der Waals surface area contributed by atoms with Crippen molar-refractivity contribution in [2.24, 2.45) is 0 Å². The quantitative estimate of drug-likeness (QED) is 0.737. The summed E-state index contributed by atoms with van der Waals surface area (Å²) >= 11 is 0. The number of hydrogen-bond donors (Lipinski definition) is 1. The Kier molecular flexibility index (Phi) is 2.79. The van der Waals surface area contributed by atoms with Gasteiger partial charge in [0.15, 0.2) is 0 Å². The number of aryl methyl sites for hydroxylation is 1. The monoisotopic (exact) mass is 268 g/mol. The number of nitrogen functional groups attached to an aromatic ring is 1. The zero-order chi connectivity index (χ0) is 14.3. The van der Waals surface area contributed by atoms with Crippen LogP contribution >= 0.6 is 0 Å². The summed E-state index contributed by atoms with van der Waals surface area (Å²) in [5, 5.41) is 1.27. The van der Waals surface area contributed by atoms with Crippen LogP contribution in [0.3, 0.4) is 0 Å². The third-order valence-electron chi connectivity index (χ3n) is 3.30. The minimum absolute atomic E-state index is 0.179. The first kappa shape index (κ1) is 12.4. The molecule has 0 bridgehead atoms. The van der Waals surface area contributed by atoms with Crippen molar-refractivity contribution in [1.29, 1.82) is 0 Å². The Balaban J connectivity index is 2.42. The van der Waals surface area contributed by atoms with E-state index in [1.54, 1.807) is 30.3 Å². The zero-order valence-electron chi connectivity index (χ0n) is 10.9. The van der Waals surface area contributed by atoms with E-state index in [9.17, 15) is 9.18 Å². The fourth-order valence-corrected chi connectivity index (χ4v) is 2.32. The molecule has 0 atom stereocenters. The van der Waals surface area contributed by atoms with Crippen LogP contribution in [0.1, 0.15) is 5.56 Å². The van der Waals surface area contributed by atoms with Crippen LogP contribution in [-0.2, 0) is 0 Å². The van der Waals surface area contributed by atoms with Gasteiger partial charge < -0.3 is 5.73 Å². The Morgan fingerprint density at radius 3 is 2.65 bits per heavy atom. The summed E-state index contributed by atoms with van der Waals surface area (Å²) in [6, 6.07) is 13.4. The smallest absolute Gasteiger partial charge is 0.264 e. The average molecular weight is 268 g/mol. The predicted octanol–water partition coefficient (Wildman–Crippen LogP) is 3.02. The van der Waals surface area contributed by atoms with Crippen LogP contribution in [0.4, 0.5) is 10.2 Å². The van der Waals surface area contributed by atoms with E-state index in [2.05, 4.69) is 0 Å². The Morgan fingerprint density at radius 2 is 1.85 bits per heavy atom. The van der Waals surface area contributed by atoms with E-state index in [-0.39, 0.29) is 17.1 Å². The van der Waals surface area contributed by atoms with Crippen molar-refractivity contribution in [3.8, 4) is 5.69 Å². The topological polar surface area (TPSA) is 48.0 Å². The molecule has 0 unspecified atom stereocenters. The molecule has 0 amide bonds. The molecule has 4 heteroatoms. The van der Waals surface area contributed by atoms with Crippen molar-refractivity contribution in [1.82, 2.24) is 4.57 Å². The van der Waals surface area contributed by atoms with Crippen LogP contribution in [0, 0.1) is 12.7 Å². The second kappa shape index (κ2) is 4.49. The van der Waals surface area contributed by atoms with Gasteiger partial charge in [-0.15, -0.1) is 0 Å². The van der Waals surface area contributed by atoms with Crippen LogP contribution < -0.4 is 11.3 Å². The molecule has 0 aliphatic rings.